The van der Waals surface area contributed by atoms with Crippen molar-refractivity contribution >= 4 is 11.9 Å². The molecule has 0 aliphatic heterocycles. The van der Waals surface area contributed by atoms with Crippen LogP contribution in [0.15, 0.2) is 0 Å². The maximum atomic E-state index is 10.4. The van der Waals surface area contributed by atoms with Gasteiger partial charge in [-0.15, -0.1) is 0 Å². The van der Waals surface area contributed by atoms with Crippen LogP contribution in [0.25, 0.3) is 0 Å². The van der Waals surface area contributed by atoms with Gasteiger partial charge in [0.1, 0.15) is 0 Å². The summed E-state index contributed by atoms with van der Waals surface area (Å²) in [5.74, 6) is -3.36. The van der Waals surface area contributed by atoms with Crippen LogP contribution in [0, 0.1) is 5.92 Å². The van der Waals surface area contributed by atoms with Crippen molar-refractivity contribution in [3.8, 4) is 0 Å². The van der Waals surface area contributed by atoms with E-state index in [1.165, 1.54) is 0 Å². The molecule has 2 N–H and O–H groups in total. The fourth-order valence-corrected chi connectivity index (χ4v) is 1.46. The molecule has 2 atom stereocenters. The van der Waals surface area contributed by atoms with Crippen LogP contribution in [0.3, 0.4) is 0 Å². The van der Waals surface area contributed by atoms with E-state index >= 15 is 0 Å². The van der Waals surface area contributed by atoms with E-state index in [2.05, 4.69) is 0 Å². The summed E-state index contributed by atoms with van der Waals surface area (Å²) in [7, 11) is 0. The Hall–Kier alpha value is -1.10. The van der Waals surface area contributed by atoms with Gasteiger partial charge in [0.15, 0.2) is 0 Å². The second-order valence-corrected chi connectivity index (χ2v) is 3.20. The molecule has 0 aromatic rings. The van der Waals surface area contributed by atoms with Gasteiger partial charge in [0.05, 0.1) is 11.5 Å². The zero-order valence-electron chi connectivity index (χ0n) is 6.41. The van der Waals surface area contributed by atoms with Crippen LogP contribution in [0.2, 0.25) is 0 Å². The first-order chi connectivity index (χ1) is 5.46. The number of carboxylic acid groups (broad SMARTS) is 2. The van der Waals surface area contributed by atoms with Crippen molar-refractivity contribution in [2.24, 2.45) is 11.7 Å². The molecule has 1 aliphatic carbocycles. The molecule has 0 heterocycles. The monoisotopic (exact) mass is 171 g/mol. The van der Waals surface area contributed by atoms with Gasteiger partial charge in [0.25, 0.3) is 0 Å². The lowest BCUT2D eigenvalue weighted by atomic mass is 9.98. The van der Waals surface area contributed by atoms with Gasteiger partial charge < -0.3 is 25.5 Å². The van der Waals surface area contributed by atoms with E-state index in [-0.39, 0.29) is 19.3 Å². The van der Waals surface area contributed by atoms with Crippen LogP contribution in [-0.2, 0) is 9.59 Å². The third kappa shape index (κ3) is 1.40. The smallest absolute Gasteiger partial charge is 0.0613 e. The molecule has 1 saturated carbocycles. The molecule has 12 heavy (non-hydrogen) atoms. The van der Waals surface area contributed by atoms with Gasteiger partial charge in [0.2, 0.25) is 0 Å². The number of rotatable bonds is 2. The van der Waals surface area contributed by atoms with Crippen molar-refractivity contribution < 1.29 is 19.8 Å². The predicted octanol–water partition coefficient (Wildman–Crippen LogP) is -3.02. The van der Waals surface area contributed by atoms with Gasteiger partial charge in [-0.1, -0.05) is 0 Å². The van der Waals surface area contributed by atoms with Crippen LogP contribution in [-0.4, -0.2) is 17.5 Å². The molecular weight excluding hydrogens is 162 g/mol. The zero-order chi connectivity index (χ0) is 9.35. The fraction of sp³-hybridized carbons (Fsp3) is 0.714. The van der Waals surface area contributed by atoms with Crippen molar-refractivity contribution in [3.63, 3.8) is 0 Å². The SMILES string of the molecule is NC1(C(=O)[O-])CCC(C(=O)[O-])C1. The molecule has 1 fully saturated rings. The molecule has 1 rings (SSSR count). The van der Waals surface area contributed by atoms with Crippen molar-refractivity contribution in [3.05, 3.63) is 0 Å². The first kappa shape index (κ1) is 8.99. The normalized spacial score (nSPS) is 34.9. The first-order valence-corrected chi connectivity index (χ1v) is 3.67. The highest BCUT2D eigenvalue weighted by molar-refractivity contribution is 5.79. The van der Waals surface area contributed by atoms with E-state index in [1.807, 2.05) is 0 Å². The number of hydrogen-bond acceptors (Lipinski definition) is 5. The number of carbonyl (C=O) groups is 2. The van der Waals surface area contributed by atoms with Gasteiger partial charge in [-0.05, 0) is 19.3 Å². The van der Waals surface area contributed by atoms with Crippen molar-refractivity contribution in [2.45, 2.75) is 24.8 Å². The van der Waals surface area contributed by atoms with E-state index < -0.39 is 23.4 Å². The Bertz CT molecular complexity index is 227. The quantitative estimate of drug-likeness (QED) is 0.476. The van der Waals surface area contributed by atoms with Crippen LogP contribution in [0.4, 0.5) is 0 Å². The second-order valence-electron chi connectivity index (χ2n) is 3.20. The van der Waals surface area contributed by atoms with Crippen LogP contribution >= 0.6 is 0 Å². The third-order valence-corrected chi connectivity index (χ3v) is 2.29. The molecule has 0 bridgehead atoms. The van der Waals surface area contributed by atoms with Crippen molar-refractivity contribution in [1.29, 1.82) is 0 Å². The lowest BCUT2D eigenvalue weighted by Gasteiger charge is -2.25. The Morgan fingerprint density at radius 2 is 2.00 bits per heavy atom. The molecule has 0 aromatic carbocycles. The van der Waals surface area contributed by atoms with Crippen LogP contribution in [0.5, 0.6) is 0 Å². The Labute approximate surface area is 69.2 Å². The lowest BCUT2D eigenvalue weighted by molar-refractivity contribution is -0.314. The predicted molar refractivity (Wildman–Crippen MR) is 34.3 cm³/mol. The zero-order valence-corrected chi connectivity index (χ0v) is 6.41. The summed E-state index contributed by atoms with van der Waals surface area (Å²) in [6, 6.07) is 0. The lowest BCUT2D eigenvalue weighted by Crippen LogP contribution is -2.54. The summed E-state index contributed by atoms with van der Waals surface area (Å²) in [4.78, 5) is 20.8. The number of carboxylic acids is 2. The molecular formula is C7H9NO4-2. The molecule has 0 radical (unpaired) electrons. The molecule has 68 valence electrons. The number of aliphatic carboxylic acids is 2. The molecule has 0 aromatic heterocycles. The van der Waals surface area contributed by atoms with Crippen molar-refractivity contribution in [1.82, 2.24) is 0 Å². The Kier molecular flexibility index (Phi) is 2.06. The molecule has 0 saturated heterocycles. The Morgan fingerprint density at radius 1 is 1.42 bits per heavy atom. The minimum absolute atomic E-state index is 0.0856. The summed E-state index contributed by atoms with van der Waals surface area (Å²) in [6.07, 6.45) is 0.318. The minimum atomic E-state index is -1.47. The topological polar surface area (TPSA) is 106 Å². The summed E-state index contributed by atoms with van der Waals surface area (Å²) in [5, 5.41) is 20.8. The molecule has 0 spiro atoms. The highest BCUT2D eigenvalue weighted by Crippen LogP contribution is 2.31. The van der Waals surface area contributed by atoms with Crippen LogP contribution in [0.1, 0.15) is 19.3 Å². The Balaban J connectivity index is 2.67. The number of nitrogens with two attached hydrogens (primary N) is 1. The molecule has 5 nitrogen and oxygen atoms in total. The summed E-state index contributed by atoms with van der Waals surface area (Å²) >= 11 is 0. The van der Waals surface area contributed by atoms with Crippen molar-refractivity contribution in [2.75, 3.05) is 0 Å². The van der Waals surface area contributed by atoms with E-state index in [0.29, 0.717) is 0 Å². The fourth-order valence-electron chi connectivity index (χ4n) is 1.46. The van der Waals surface area contributed by atoms with E-state index in [1.54, 1.807) is 0 Å². The van der Waals surface area contributed by atoms with Gasteiger partial charge in [-0.3, -0.25) is 0 Å². The summed E-state index contributed by atoms with van der Waals surface area (Å²) < 4.78 is 0. The van der Waals surface area contributed by atoms with E-state index in [9.17, 15) is 19.8 Å². The molecule has 1 aliphatic rings. The highest BCUT2D eigenvalue weighted by Gasteiger charge is 2.37. The third-order valence-electron chi connectivity index (χ3n) is 2.29. The molecule has 5 heteroatoms. The highest BCUT2D eigenvalue weighted by atomic mass is 16.4. The average molecular weight is 171 g/mol. The molecule has 0 amide bonds. The van der Waals surface area contributed by atoms with Gasteiger partial charge in [0, 0.05) is 11.9 Å². The minimum Gasteiger partial charge on any atom is -0.550 e. The summed E-state index contributed by atoms with van der Waals surface area (Å²) in [6.45, 7) is 0. The Morgan fingerprint density at radius 3 is 2.25 bits per heavy atom. The van der Waals surface area contributed by atoms with Gasteiger partial charge >= 0.3 is 0 Å². The second kappa shape index (κ2) is 2.75. The standard InChI is InChI=1S/C7H11NO4/c8-7(6(11)12)2-1-4(3-7)5(9)10/h4H,1-3,8H2,(H,9,10)(H,11,12)/p-2. The largest absolute Gasteiger partial charge is 0.550 e. The summed E-state index contributed by atoms with van der Waals surface area (Å²) in [5.41, 5.74) is 3.91. The van der Waals surface area contributed by atoms with E-state index in [0.717, 1.165) is 0 Å². The first-order valence-electron chi connectivity index (χ1n) is 3.67. The van der Waals surface area contributed by atoms with E-state index in [4.69, 9.17) is 5.73 Å². The molecule has 2 unspecified atom stereocenters. The maximum absolute atomic E-state index is 10.4. The van der Waals surface area contributed by atoms with Gasteiger partial charge in [-0.25, -0.2) is 0 Å². The maximum Gasteiger partial charge on any atom is 0.0613 e. The average Bonchev–Trinajstić information content (AvgIpc) is 2.33. The van der Waals surface area contributed by atoms with Gasteiger partial charge in [-0.2, -0.15) is 0 Å². The van der Waals surface area contributed by atoms with Crippen LogP contribution < -0.4 is 15.9 Å². The number of carbonyl (C=O) groups excluding carboxylic acids is 2. The number of hydrogen-bond donors (Lipinski definition) is 1.